The largest absolute Gasteiger partial charge is 0.507 e. The van der Waals surface area contributed by atoms with Gasteiger partial charge in [-0.2, -0.15) is 0 Å². The van der Waals surface area contributed by atoms with Crippen molar-refractivity contribution in [3.63, 3.8) is 0 Å². The minimum atomic E-state index is 0.165. The number of nitrogens with zero attached hydrogens (tertiary/aromatic N) is 1. The van der Waals surface area contributed by atoms with Crippen LogP contribution in [0.1, 0.15) is 58.4 Å². The van der Waals surface area contributed by atoms with E-state index in [1.807, 2.05) is 12.1 Å². The molecule has 0 unspecified atom stereocenters. The normalized spacial score (nSPS) is 26.3. The summed E-state index contributed by atoms with van der Waals surface area (Å²) in [6.45, 7) is 10.6. The van der Waals surface area contributed by atoms with Crippen molar-refractivity contribution in [2.75, 3.05) is 19.6 Å². The number of benzene rings is 1. The number of hydrogen-bond donors (Lipinski definition) is 1. The first kappa shape index (κ1) is 17.8. The number of hydrogen-bond acceptors (Lipinski definition) is 2. The second-order valence-corrected chi connectivity index (χ2v) is 7.95. The first-order valence-electron chi connectivity index (χ1n) is 8.68. The van der Waals surface area contributed by atoms with E-state index in [-0.39, 0.29) is 5.41 Å². The minimum absolute atomic E-state index is 0.165. The smallest absolute Gasteiger partial charge is 0.130 e. The predicted octanol–water partition coefficient (Wildman–Crippen LogP) is 5.33. The SMILES string of the molecule is CCCCCCN1CC[C@](C)(c2ccc(Br)c(O)c2)[C@H](C)C1. The van der Waals surface area contributed by atoms with Crippen LogP contribution in [-0.2, 0) is 5.41 Å². The van der Waals surface area contributed by atoms with E-state index in [1.54, 1.807) is 0 Å². The van der Waals surface area contributed by atoms with Crippen molar-refractivity contribution in [1.29, 1.82) is 0 Å². The molecule has 0 bridgehead atoms. The van der Waals surface area contributed by atoms with E-state index >= 15 is 0 Å². The molecule has 3 heteroatoms. The van der Waals surface area contributed by atoms with Crippen molar-refractivity contribution in [3.8, 4) is 5.75 Å². The molecule has 1 aromatic carbocycles. The Hall–Kier alpha value is -0.540. The van der Waals surface area contributed by atoms with Crippen LogP contribution in [0, 0.1) is 5.92 Å². The monoisotopic (exact) mass is 367 g/mol. The molecule has 1 N–H and O–H groups in total. The van der Waals surface area contributed by atoms with Gasteiger partial charge in [0.25, 0.3) is 0 Å². The fourth-order valence-electron chi connectivity index (χ4n) is 3.58. The number of halogens is 1. The first-order chi connectivity index (χ1) is 10.5. The van der Waals surface area contributed by atoms with Gasteiger partial charge < -0.3 is 10.0 Å². The van der Waals surface area contributed by atoms with E-state index in [1.165, 1.54) is 57.3 Å². The van der Waals surface area contributed by atoms with E-state index in [0.29, 0.717) is 11.7 Å². The molecule has 1 fully saturated rings. The summed E-state index contributed by atoms with van der Waals surface area (Å²) >= 11 is 3.38. The molecule has 0 amide bonds. The van der Waals surface area contributed by atoms with Gasteiger partial charge >= 0.3 is 0 Å². The minimum Gasteiger partial charge on any atom is -0.507 e. The van der Waals surface area contributed by atoms with Crippen LogP contribution in [0.25, 0.3) is 0 Å². The standard InChI is InChI=1S/C19H30BrNO/c1-4-5-6-7-11-21-12-10-19(3,15(2)14-21)16-8-9-17(20)18(22)13-16/h8-9,13,15,22H,4-7,10-12,14H2,1-3H3/t15-,19+/m1/s1. The molecule has 2 nitrogen and oxygen atoms in total. The third-order valence-electron chi connectivity index (χ3n) is 5.50. The molecule has 0 radical (unpaired) electrons. The Kier molecular flexibility index (Phi) is 6.34. The van der Waals surface area contributed by atoms with Crippen molar-refractivity contribution in [2.45, 2.75) is 58.3 Å². The van der Waals surface area contributed by atoms with Gasteiger partial charge in [-0.05, 0) is 70.9 Å². The van der Waals surface area contributed by atoms with Crippen molar-refractivity contribution < 1.29 is 5.11 Å². The molecule has 22 heavy (non-hydrogen) atoms. The summed E-state index contributed by atoms with van der Waals surface area (Å²) in [5.74, 6) is 0.959. The summed E-state index contributed by atoms with van der Waals surface area (Å²) in [5, 5.41) is 9.99. The Morgan fingerprint density at radius 2 is 2.09 bits per heavy atom. The summed E-state index contributed by atoms with van der Waals surface area (Å²) < 4.78 is 0.779. The molecule has 2 atom stereocenters. The second kappa shape index (κ2) is 7.83. The van der Waals surface area contributed by atoms with Crippen molar-refractivity contribution >= 4 is 15.9 Å². The zero-order valence-corrected chi connectivity index (χ0v) is 15.8. The summed E-state index contributed by atoms with van der Waals surface area (Å²) in [4.78, 5) is 2.63. The lowest BCUT2D eigenvalue weighted by Crippen LogP contribution is -2.47. The molecule has 2 rings (SSSR count). The number of likely N-dealkylation sites (tertiary alicyclic amines) is 1. The van der Waals surface area contributed by atoms with Crippen molar-refractivity contribution in [3.05, 3.63) is 28.2 Å². The van der Waals surface area contributed by atoms with E-state index in [4.69, 9.17) is 0 Å². The lowest BCUT2D eigenvalue weighted by Gasteiger charge is -2.45. The molecule has 0 saturated carbocycles. The fraction of sp³-hybridized carbons (Fsp3) is 0.684. The summed E-state index contributed by atoms with van der Waals surface area (Å²) in [6.07, 6.45) is 6.53. The molecular formula is C19H30BrNO. The highest BCUT2D eigenvalue weighted by Gasteiger charge is 2.38. The van der Waals surface area contributed by atoms with Gasteiger partial charge in [0.2, 0.25) is 0 Å². The third kappa shape index (κ3) is 4.05. The molecule has 1 aliphatic heterocycles. The van der Waals surface area contributed by atoms with E-state index < -0.39 is 0 Å². The van der Waals surface area contributed by atoms with Crippen LogP contribution in [0.3, 0.4) is 0 Å². The predicted molar refractivity (Wildman–Crippen MR) is 97.5 cm³/mol. The molecule has 124 valence electrons. The van der Waals surface area contributed by atoms with Gasteiger partial charge in [-0.1, -0.05) is 46.1 Å². The Bertz CT molecular complexity index is 490. The van der Waals surface area contributed by atoms with Crippen LogP contribution in [0.15, 0.2) is 22.7 Å². The number of piperidine rings is 1. The highest BCUT2D eigenvalue weighted by atomic mass is 79.9. The lowest BCUT2D eigenvalue weighted by molar-refractivity contribution is 0.109. The van der Waals surface area contributed by atoms with Crippen LogP contribution < -0.4 is 0 Å². The van der Waals surface area contributed by atoms with Crippen LogP contribution >= 0.6 is 15.9 Å². The van der Waals surface area contributed by atoms with Crippen molar-refractivity contribution in [1.82, 2.24) is 4.90 Å². The molecule has 1 aliphatic rings. The highest BCUT2D eigenvalue weighted by molar-refractivity contribution is 9.10. The zero-order valence-electron chi connectivity index (χ0n) is 14.2. The van der Waals surface area contributed by atoms with Gasteiger partial charge in [-0.3, -0.25) is 0 Å². The number of phenolic OH excluding ortho intramolecular Hbond substituents is 1. The quantitative estimate of drug-likeness (QED) is 0.686. The van der Waals surface area contributed by atoms with E-state index in [0.717, 1.165) is 4.47 Å². The first-order valence-corrected chi connectivity index (χ1v) is 9.48. The van der Waals surface area contributed by atoms with Gasteiger partial charge in [0.15, 0.2) is 0 Å². The lowest BCUT2D eigenvalue weighted by atomic mass is 9.68. The van der Waals surface area contributed by atoms with E-state index in [9.17, 15) is 5.11 Å². The summed E-state index contributed by atoms with van der Waals surface area (Å²) in [7, 11) is 0. The number of aromatic hydroxyl groups is 1. The Labute approximate surface area is 144 Å². The number of phenols is 1. The molecule has 0 aromatic heterocycles. The van der Waals surface area contributed by atoms with Crippen LogP contribution in [0.4, 0.5) is 0 Å². The maximum atomic E-state index is 9.99. The fourth-order valence-corrected chi connectivity index (χ4v) is 3.83. The molecular weight excluding hydrogens is 338 g/mol. The van der Waals surface area contributed by atoms with E-state index in [2.05, 4.69) is 47.7 Å². The maximum Gasteiger partial charge on any atom is 0.130 e. The van der Waals surface area contributed by atoms with Gasteiger partial charge in [0.05, 0.1) is 4.47 Å². The second-order valence-electron chi connectivity index (χ2n) is 7.10. The molecule has 1 saturated heterocycles. The Balaban J connectivity index is 1.98. The average molecular weight is 368 g/mol. The number of unbranched alkanes of at least 4 members (excludes halogenated alkanes) is 3. The van der Waals surface area contributed by atoms with Crippen LogP contribution in [-0.4, -0.2) is 29.6 Å². The average Bonchev–Trinajstić information content (AvgIpc) is 2.50. The van der Waals surface area contributed by atoms with Gasteiger partial charge in [-0.25, -0.2) is 0 Å². The van der Waals surface area contributed by atoms with Crippen LogP contribution in [0.5, 0.6) is 5.75 Å². The molecule has 1 aromatic rings. The van der Waals surface area contributed by atoms with Crippen LogP contribution in [0.2, 0.25) is 0 Å². The molecule has 0 spiro atoms. The topological polar surface area (TPSA) is 23.5 Å². The van der Waals surface area contributed by atoms with Gasteiger partial charge in [-0.15, -0.1) is 0 Å². The summed E-state index contributed by atoms with van der Waals surface area (Å²) in [5.41, 5.74) is 1.43. The number of rotatable bonds is 6. The Morgan fingerprint density at radius 3 is 2.73 bits per heavy atom. The highest BCUT2D eigenvalue weighted by Crippen LogP contribution is 2.41. The Morgan fingerprint density at radius 1 is 1.32 bits per heavy atom. The van der Waals surface area contributed by atoms with Gasteiger partial charge in [0, 0.05) is 6.54 Å². The van der Waals surface area contributed by atoms with Crippen molar-refractivity contribution in [2.24, 2.45) is 5.92 Å². The summed E-state index contributed by atoms with van der Waals surface area (Å²) in [6, 6.07) is 6.08. The molecule has 0 aliphatic carbocycles. The third-order valence-corrected chi connectivity index (χ3v) is 6.17. The van der Waals surface area contributed by atoms with Gasteiger partial charge in [0.1, 0.15) is 5.75 Å². The maximum absolute atomic E-state index is 9.99. The molecule has 1 heterocycles. The zero-order chi connectivity index (χ0) is 16.2.